The highest BCUT2D eigenvalue weighted by molar-refractivity contribution is 7.09. The number of thiophene rings is 1. The second-order valence-corrected chi connectivity index (χ2v) is 5.86. The summed E-state index contributed by atoms with van der Waals surface area (Å²) in [5.41, 5.74) is 0. The number of nitrogens with one attached hydrogen (secondary N) is 1. The molecule has 2 unspecified atom stereocenters. The summed E-state index contributed by atoms with van der Waals surface area (Å²) in [5, 5.41) is 15.1. The van der Waals surface area contributed by atoms with E-state index in [1.54, 1.807) is 11.3 Å². The number of aliphatic hydroxyl groups is 1. The van der Waals surface area contributed by atoms with E-state index in [4.69, 9.17) is 9.15 Å². The van der Waals surface area contributed by atoms with E-state index in [2.05, 4.69) is 5.32 Å². The number of hydrogen-bond donors (Lipinski definition) is 2. The second-order valence-electron chi connectivity index (χ2n) is 4.83. The first-order chi connectivity index (χ1) is 9.65. The molecule has 2 atom stereocenters. The number of hydrogen-bond acceptors (Lipinski definition) is 5. The van der Waals surface area contributed by atoms with Crippen LogP contribution in [0.5, 0.6) is 0 Å². The standard InChI is InChI=1S/C15H21NO3S/c1-11-5-6-15(19-11)12(2)16-8-13(17)9-18-10-14-4-3-7-20-14/h3-7,12-13,16-17H,8-10H2,1-2H3. The van der Waals surface area contributed by atoms with E-state index >= 15 is 0 Å². The van der Waals surface area contributed by atoms with Gasteiger partial charge in [0.25, 0.3) is 0 Å². The molecule has 0 aliphatic heterocycles. The van der Waals surface area contributed by atoms with Crippen LogP contribution in [0.25, 0.3) is 0 Å². The van der Waals surface area contributed by atoms with Crippen LogP contribution < -0.4 is 5.32 Å². The molecule has 0 aliphatic rings. The summed E-state index contributed by atoms with van der Waals surface area (Å²) < 4.78 is 11.0. The maximum atomic E-state index is 9.86. The molecule has 0 spiro atoms. The molecule has 0 fully saturated rings. The van der Waals surface area contributed by atoms with Crippen LogP contribution in [-0.4, -0.2) is 24.4 Å². The van der Waals surface area contributed by atoms with Gasteiger partial charge in [0, 0.05) is 11.4 Å². The Morgan fingerprint density at radius 2 is 2.25 bits per heavy atom. The third-order valence-corrected chi connectivity index (χ3v) is 3.83. The summed E-state index contributed by atoms with van der Waals surface area (Å²) in [6, 6.07) is 7.99. The van der Waals surface area contributed by atoms with Crippen LogP contribution >= 0.6 is 11.3 Å². The lowest BCUT2D eigenvalue weighted by atomic mass is 10.2. The van der Waals surface area contributed by atoms with Gasteiger partial charge in [-0.05, 0) is 37.4 Å². The fraction of sp³-hybridized carbons (Fsp3) is 0.467. The Balaban J connectivity index is 1.63. The predicted octanol–water partition coefficient (Wildman–Crippen LogP) is 2.88. The Bertz CT molecular complexity index is 495. The van der Waals surface area contributed by atoms with Gasteiger partial charge in [-0.3, -0.25) is 0 Å². The van der Waals surface area contributed by atoms with Crippen LogP contribution in [0.2, 0.25) is 0 Å². The summed E-state index contributed by atoms with van der Waals surface area (Å²) in [7, 11) is 0. The van der Waals surface area contributed by atoms with Crippen LogP contribution in [0.15, 0.2) is 34.1 Å². The Hall–Kier alpha value is -1.14. The topological polar surface area (TPSA) is 54.6 Å². The van der Waals surface area contributed by atoms with Crippen molar-refractivity contribution < 1.29 is 14.3 Å². The van der Waals surface area contributed by atoms with Gasteiger partial charge in [0.05, 0.1) is 25.4 Å². The van der Waals surface area contributed by atoms with Crippen molar-refractivity contribution in [3.8, 4) is 0 Å². The SMILES string of the molecule is Cc1ccc(C(C)NCC(O)COCc2cccs2)o1. The summed E-state index contributed by atoms with van der Waals surface area (Å²) in [4.78, 5) is 1.17. The van der Waals surface area contributed by atoms with Gasteiger partial charge in [-0.15, -0.1) is 11.3 Å². The smallest absolute Gasteiger partial charge is 0.120 e. The van der Waals surface area contributed by atoms with E-state index < -0.39 is 6.10 Å². The molecule has 5 heteroatoms. The zero-order valence-electron chi connectivity index (χ0n) is 11.8. The Kier molecular flexibility index (Phi) is 5.79. The van der Waals surface area contributed by atoms with E-state index in [9.17, 15) is 5.11 Å². The molecule has 110 valence electrons. The Labute approximate surface area is 123 Å². The minimum absolute atomic E-state index is 0.0793. The maximum Gasteiger partial charge on any atom is 0.120 e. The third-order valence-electron chi connectivity index (χ3n) is 2.98. The normalized spacial score (nSPS) is 14.3. The maximum absolute atomic E-state index is 9.86. The van der Waals surface area contributed by atoms with Crippen LogP contribution in [0.4, 0.5) is 0 Å². The minimum Gasteiger partial charge on any atom is -0.465 e. The van der Waals surface area contributed by atoms with Crippen LogP contribution in [-0.2, 0) is 11.3 Å². The molecule has 0 saturated carbocycles. The molecule has 0 bridgehead atoms. The molecule has 0 radical (unpaired) electrons. The van der Waals surface area contributed by atoms with Crippen molar-refractivity contribution >= 4 is 11.3 Å². The fourth-order valence-electron chi connectivity index (χ4n) is 1.85. The molecule has 2 N–H and O–H groups in total. The van der Waals surface area contributed by atoms with Crippen molar-refractivity contribution in [2.24, 2.45) is 0 Å². The Morgan fingerprint density at radius 3 is 2.90 bits per heavy atom. The van der Waals surface area contributed by atoms with Crippen LogP contribution in [0.3, 0.4) is 0 Å². The van der Waals surface area contributed by atoms with Gasteiger partial charge in [0.15, 0.2) is 0 Å². The molecule has 0 saturated heterocycles. The van der Waals surface area contributed by atoms with Gasteiger partial charge in [-0.25, -0.2) is 0 Å². The molecule has 4 nitrogen and oxygen atoms in total. The van der Waals surface area contributed by atoms with Gasteiger partial charge in [0.1, 0.15) is 11.5 Å². The molecule has 0 amide bonds. The summed E-state index contributed by atoms with van der Waals surface area (Å²) in [6.45, 7) is 5.29. The molecule has 20 heavy (non-hydrogen) atoms. The first-order valence-corrected chi connectivity index (χ1v) is 7.61. The first-order valence-electron chi connectivity index (χ1n) is 6.73. The van der Waals surface area contributed by atoms with Gasteiger partial charge in [-0.1, -0.05) is 6.07 Å². The minimum atomic E-state index is -0.520. The van der Waals surface area contributed by atoms with Crippen LogP contribution in [0.1, 0.15) is 29.4 Å². The third kappa shape index (κ3) is 4.76. The first kappa shape index (κ1) is 15.3. The van der Waals surface area contributed by atoms with Crippen molar-refractivity contribution in [1.29, 1.82) is 0 Å². The molecule has 2 aromatic rings. The van der Waals surface area contributed by atoms with E-state index in [-0.39, 0.29) is 6.04 Å². The zero-order chi connectivity index (χ0) is 14.4. The zero-order valence-corrected chi connectivity index (χ0v) is 12.7. The molecule has 2 heterocycles. The fourth-order valence-corrected chi connectivity index (χ4v) is 2.49. The Morgan fingerprint density at radius 1 is 1.40 bits per heavy atom. The van der Waals surface area contributed by atoms with Crippen molar-refractivity contribution in [2.45, 2.75) is 32.6 Å². The van der Waals surface area contributed by atoms with Gasteiger partial charge in [0.2, 0.25) is 0 Å². The molecule has 2 aromatic heterocycles. The van der Waals surface area contributed by atoms with E-state index in [0.29, 0.717) is 19.8 Å². The van der Waals surface area contributed by atoms with Gasteiger partial charge in [-0.2, -0.15) is 0 Å². The number of ether oxygens (including phenoxy) is 1. The van der Waals surface area contributed by atoms with Gasteiger partial charge >= 0.3 is 0 Å². The van der Waals surface area contributed by atoms with E-state index in [1.165, 1.54) is 4.88 Å². The summed E-state index contributed by atoms with van der Waals surface area (Å²) >= 11 is 1.66. The largest absolute Gasteiger partial charge is 0.465 e. The van der Waals surface area contributed by atoms with Crippen molar-refractivity contribution in [3.63, 3.8) is 0 Å². The van der Waals surface area contributed by atoms with E-state index in [1.807, 2.05) is 43.5 Å². The van der Waals surface area contributed by atoms with E-state index in [0.717, 1.165) is 11.5 Å². The van der Waals surface area contributed by atoms with Crippen LogP contribution in [0, 0.1) is 6.92 Å². The predicted molar refractivity (Wildman–Crippen MR) is 79.8 cm³/mol. The lowest BCUT2D eigenvalue weighted by molar-refractivity contribution is 0.0285. The van der Waals surface area contributed by atoms with Gasteiger partial charge < -0.3 is 19.6 Å². The molecular weight excluding hydrogens is 274 g/mol. The highest BCUT2D eigenvalue weighted by atomic mass is 32.1. The average molecular weight is 295 g/mol. The van der Waals surface area contributed by atoms with Crippen molar-refractivity contribution in [2.75, 3.05) is 13.2 Å². The van der Waals surface area contributed by atoms with Crippen molar-refractivity contribution in [3.05, 3.63) is 46.0 Å². The number of furan rings is 1. The highest BCUT2D eigenvalue weighted by Gasteiger charge is 2.11. The molecule has 0 aliphatic carbocycles. The lowest BCUT2D eigenvalue weighted by Gasteiger charge is -2.15. The lowest BCUT2D eigenvalue weighted by Crippen LogP contribution is -2.32. The molecule has 2 rings (SSSR count). The average Bonchev–Trinajstić information content (AvgIpc) is 3.07. The summed E-state index contributed by atoms with van der Waals surface area (Å²) in [5.74, 6) is 1.78. The molecular formula is C15H21NO3S. The summed E-state index contributed by atoms with van der Waals surface area (Å²) in [6.07, 6.45) is -0.520. The second kappa shape index (κ2) is 7.59. The highest BCUT2D eigenvalue weighted by Crippen LogP contribution is 2.15. The quantitative estimate of drug-likeness (QED) is 0.786. The van der Waals surface area contributed by atoms with Crippen molar-refractivity contribution in [1.82, 2.24) is 5.32 Å². The number of rotatable bonds is 8. The number of aryl methyl sites for hydroxylation is 1. The molecule has 0 aromatic carbocycles. The monoisotopic (exact) mass is 295 g/mol. The number of aliphatic hydroxyl groups excluding tert-OH is 1.